The van der Waals surface area contributed by atoms with Gasteiger partial charge in [0, 0.05) is 17.5 Å². The zero-order valence-corrected chi connectivity index (χ0v) is 15.9. The summed E-state index contributed by atoms with van der Waals surface area (Å²) in [6, 6.07) is 1.99. The van der Waals surface area contributed by atoms with Gasteiger partial charge in [-0.1, -0.05) is 45.6 Å². The zero-order valence-electron chi connectivity index (χ0n) is 15.9. The zero-order chi connectivity index (χ0) is 18.8. The fourth-order valence-corrected chi connectivity index (χ4v) is 2.43. The summed E-state index contributed by atoms with van der Waals surface area (Å²) in [5.41, 5.74) is 4.33. The van der Waals surface area contributed by atoms with E-state index in [2.05, 4.69) is 43.2 Å². The minimum Gasteiger partial charge on any atom is -0.292 e. The van der Waals surface area contributed by atoms with E-state index in [9.17, 15) is 4.79 Å². The molecule has 0 atom stereocenters. The van der Waals surface area contributed by atoms with Crippen LogP contribution in [-0.2, 0) is 11.3 Å². The maximum Gasteiger partial charge on any atom is 0.185 e. The number of rotatable bonds is 10. The largest absolute Gasteiger partial charge is 0.292 e. The van der Waals surface area contributed by atoms with Crippen LogP contribution in [0, 0.1) is 0 Å². The molecule has 4 heteroatoms. The molecule has 0 aliphatic rings. The molecule has 25 heavy (non-hydrogen) atoms. The molecular formula is C21H29N3O. The minimum atomic E-state index is -0.0627. The molecule has 0 aliphatic carbocycles. The standard InChI is InChI=1S/C21H29N3O/c1-7-11-18(12-8-2)20-13-19(10-4)23-24(20)15-21(25)17(9-3)14-22-16(5)6/h9-11,13-14H,3-4,7-8,12,15H2,1-2,5-6H3/b17-14+,18-11?. The molecule has 134 valence electrons. The molecule has 0 unspecified atom stereocenters. The van der Waals surface area contributed by atoms with Gasteiger partial charge in [-0.05, 0) is 44.4 Å². The van der Waals surface area contributed by atoms with Crippen LogP contribution in [0.1, 0.15) is 58.3 Å². The quantitative estimate of drug-likeness (QED) is 0.332. The van der Waals surface area contributed by atoms with Gasteiger partial charge in [-0.25, -0.2) is 0 Å². The number of nitrogens with zero attached hydrogens (tertiary/aromatic N) is 3. The molecule has 1 aromatic rings. The van der Waals surface area contributed by atoms with Crippen molar-refractivity contribution in [2.45, 2.75) is 53.5 Å². The minimum absolute atomic E-state index is 0.0627. The van der Waals surface area contributed by atoms with E-state index in [1.807, 2.05) is 19.9 Å². The molecule has 1 rings (SSSR count). The summed E-state index contributed by atoms with van der Waals surface area (Å²) in [5, 5.41) is 4.51. The topological polar surface area (TPSA) is 47.2 Å². The molecule has 0 saturated carbocycles. The van der Waals surface area contributed by atoms with E-state index in [0.29, 0.717) is 5.57 Å². The summed E-state index contributed by atoms with van der Waals surface area (Å²) in [5.74, 6) is -0.0627. The van der Waals surface area contributed by atoms with Crippen LogP contribution in [0.4, 0.5) is 0 Å². The fourth-order valence-electron chi connectivity index (χ4n) is 2.43. The summed E-state index contributed by atoms with van der Waals surface area (Å²) in [6.07, 6.45) is 9.95. The Hall–Kier alpha value is -2.49. The number of aromatic nitrogens is 2. The highest BCUT2D eigenvalue weighted by molar-refractivity contribution is 5.98. The number of hydrogen-bond donors (Lipinski definition) is 0. The molecule has 0 saturated heterocycles. The number of carbonyl (C=O) groups is 1. The van der Waals surface area contributed by atoms with Crippen molar-refractivity contribution in [2.75, 3.05) is 0 Å². The van der Waals surface area contributed by atoms with Gasteiger partial charge in [0.25, 0.3) is 0 Å². The van der Waals surface area contributed by atoms with Crippen molar-refractivity contribution >= 4 is 23.1 Å². The Morgan fingerprint density at radius 2 is 2.04 bits per heavy atom. The maximum absolute atomic E-state index is 12.6. The van der Waals surface area contributed by atoms with E-state index in [1.165, 1.54) is 5.57 Å². The van der Waals surface area contributed by atoms with Gasteiger partial charge in [0.1, 0.15) is 6.54 Å². The van der Waals surface area contributed by atoms with Crippen LogP contribution in [0.2, 0.25) is 0 Å². The number of aliphatic imine (C=N–C) groups is 1. The Morgan fingerprint density at radius 1 is 1.32 bits per heavy atom. The maximum atomic E-state index is 12.6. The van der Waals surface area contributed by atoms with Crippen LogP contribution in [0.3, 0.4) is 0 Å². The Labute approximate surface area is 151 Å². The van der Waals surface area contributed by atoms with Crippen LogP contribution in [-0.4, -0.2) is 21.3 Å². The molecule has 0 bridgehead atoms. The molecular weight excluding hydrogens is 310 g/mol. The van der Waals surface area contributed by atoms with E-state index in [-0.39, 0.29) is 12.3 Å². The predicted molar refractivity (Wildman–Crippen MR) is 108 cm³/mol. The molecule has 0 fully saturated rings. The van der Waals surface area contributed by atoms with E-state index in [0.717, 1.165) is 36.4 Å². The Bertz CT molecular complexity index is 713. The number of allylic oxidation sites excluding steroid dienone is 4. The van der Waals surface area contributed by atoms with Crippen molar-refractivity contribution in [1.82, 2.24) is 9.78 Å². The molecule has 0 aromatic carbocycles. The van der Waals surface area contributed by atoms with Gasteiger partial charge < -0.3 is 0 Å². The Kier molecular flexibility index (Phi) is 8.54. The van der Waals surface area contributed by atoms with Crippen molar-refractivity contribution < 1.29 is 4.79 Å². The number of Topliss-reactive ketones (excluding diaryl/α,β-unsaturated/α-hetero) is 1. The lowest BCUT2D eigenvalue weighted by atomic mass is 10.1. The summed E-state index contributed by atoms with van der Waals surface area (Å²) < 4.78 is 1.76. The highest BCUT2D eigenvalue weighted by atomic mass is 16.1. The number of hydrogen-bond acceptors (Lipinski definition) is 3. The molecule has 0 N–H and O–H groups in total. The highest BCUT2D eigenvalue weighted by Gasteiger charge is 2.15. The monoisotopic (exact) mass is 339 g/mol. The lowest BCUT2D eigenvalue weighted by Crippen LogP contribution is -2.15. The Morgan fingerprint density at radius 3 is 2.56 bits per heavy atom. The van der Waals surface area contributed by atoms with Gasteiger partial charge in [-0.2, -0.15) is 5.10 Å². The van der Waals surface area contributed by atoms with Crippen molar-refractivity contribution in [3.05, 3.63) is 54.5 Å². The van der Waals surface area contributed by atoms with Crippen molar-refractivity contribution in [3.8, 4) is 0 Å². The molecule has 1 aromatic heterocycles. The third-order valence-corrected chi connectivity index (χ3v) is 3.60. The van der Waals surface area contributed by atoms with Crippen LogP contribution in [0.25, 0.3) is 11.6 Å². The van der Waals surface area contributed by atoms with Crippen LogP contribution in [0.5, 0.6) is 0 Å². The first-order valence-electron chi connectivity index (χ1n) is 8.73. The normalized spacial score (nSPS) is 12.0. The summed E-state index contributed by atoms with van der Waals surface area (Å²) in [6.45, 7) is 15.7. The predicted octanol–water partition coefficient (Wildman–Crippen LogP) is 5.24. The molecule has 0 aliphatic heterocycles. The lowest BCUT2D eigenvalue weighted by Gasteiger charge is -2.10. The second-order valence-electron chi connectivity index (χ2n) is 5.99. The van der Waals surface area contributed by atoms with Crippen molar-refractivity contribution in [3.63, 3.8) is 0 Å². The number of carbonyl (C=O) groups excluding carboxylic acids is 1. The fraction of sp³-hybridized carbons (Fsp3) is 0.381. The summed E-state index contributed by atoms with van der Waals surface area (Å²) >= 11 is 0. The van der Waals surface area contributed by atoms with Gasteiger partial charge in [-0.3, -0.25) is 14.5 Å². The van der Waals surface area contributed by atoms with E-state index in [1.54, 1.807) is 23.0 Å². The van der Waals surface area contributed by atoms with E-state index in [4.69, 9.17) is 0 Å². The third-order valence-electron chi connectivity index (χ3n) is 3.60. The molecule has 4 nitrogen and oxygen atoms in total. The SMILES string of the molecule is C=C/C(=C\N=C(C)C)C(=O)Cn1nc(C=C)cc1C(=CCC)CCC. The van der Waals surface area contributed by atoms with Crippen LogP contribution in [0.15, 0.2) is 48.1 Å². The Balaban J connectivity index is 3.22. The molecule has 1 heterocycles. The summed E-state index contributed by atoms with van der Waals surface area (Å²) in [4.78, 5) is 16.8. The van der Waals surface area contributed by atoms with Crippen LogP contribution >= 0.6 is 0 Å². The summed E-state index contributed by atoms with van der Waals surface area (Å²) in [7, 11) is 0. The molecule has 0 amide bonds. The van der Waals surface area contributed by atoms with Crippen LogP contribution < -0.4 is 0 Å². The van der Waals surface area contributed by atoms with Crippen molar-refractivity contribution in [2.24, 2.45) is 4.99 Å². The van der Waals surface area contributed by atoms with Gasteiger partial charge in [0.2, 0.25) is 0 Å². The van der Waals surface area contributed by atoms with Gasteiger partial charge in [0.05, 0.1) is 11.4 Å². The first-order valence-corrected chi connectivity index (χ1v) is 8.73. The highest BCUT2D eigenvalue weighted by Crippen LogP contribution is 2.22. The van der Waals surface area contributed by atoms with Crippen molar-refractivity contribution in [1.29, 1.82) is 0 Å². The number of ketones is 1. The average molecular weight is 339 g/mol. The van der Waals surface area contributed by atoms with Gasteiger partial charge >= 0.3 is 0 Å². The molecule has 0 spiro atoms. The average Bonchev–Trinajstić information content (AvgIpc) is 2.97. The van der Waals surface area contributed by atoms with E-state index >= 15 is 0 Å². The van der Waals surface area contributed by atoms with Gasteiger partial charge in [-0.15, -0.1) is 0 Å². The second-order valence-corrected chi connectivity index (χ2v) is 5.99. The first-order chi connectivity index (χ1) is 12.0. The van der Waals surface area contributed by atoms with E-state index < -0.39 is 0 Å². The second kappa shape index (κ2) is 10.4. The smallest absolute Gasteiger partial charge is 0.185 e. The first kappa shape index (κ1) is 20.6. The van der Waals surface area contributed by atoms with Gasteiger partial charge in [0.15, 0.2) is 5.78 Å². The third kappa shape index (κ3) is 6.14. The molecule has 0 radical (unpaired) electrons. The lowest BCUT2D eigenvalue weighted by molar-refractivity contribution is -0.116.